The fourth-order valence-electron chi connectivity index (χ4n) is 3.67. The maximum atomic E-state index is 13.2. The Morgan fingerprint density at radius 1 is 1.10 bits per heavy atom. The Bertz CT molecular complexity index is 705. The zero-order valence-electron chi connectivity index (χ0n) is 12.0. The van der Waals surface area contributed by atoms with Crippen molar-refractivity contribution in [3.63, 3.8) is 0 Å². The van der Waals surface area contributed by atoms with E-state index in [9.17, 15) is 4.39 Å². The van der Waals surface area contributed by atoms with Gasteiger partial charge in [-0.05, 0) is 36.1 Å². The highest BCUT2D eigenvalue weighted by Crippen LogP contribution is 2.42. The first-order valence-corrected chi connectivity index (χ1v) is 7.39. The van der Waals surface area contributed by atoms with Crippen molar-refractivity contribution in [1.82, 2.24) is 5.01 Å². The molecule has 0 fully saturated rings. The molecule has 2 aromatic rings. The van der Waals surface area contributed by atoms with Crippen molar-refractivity contribution in [2.45, 2.75) is 18.9 Å². The third-order valence-electron chi connectivity index (χ3n) is 4.63. The van der Waals surface area contributed by atoms with E-state index in [4.69, 9.17) is 5.10 Å². The average molecular weight is 280 g/mol. The second-order valence-corrected chi connectivity index (χ2v) is 5.86. The average Bonchev–Trinajstić information content (AvgIpc) is 2.85. The lowest BCUT2D eigenvalue weighted by molar-refractivity contribution is 0.243. The Kier molecular flexibility index (Phi) is 2.81. The molecule has 1 aliphatic heterocycles. The summed E-state index contributed by atoms with van der Waals surface area (Å²) in [7, 11) is 2.02. The second-order valence-electron chi connectivity index (χ2n) is 5.86. The maximum Gasteiger partial charge on any atom is 0.123 e. The van der Waals surface area contributed by atoms with Crippen LogP contribution in [0.15, 0.2) is 53.6 Å². The van der Waals surface area contributed by atoms with Gasteiger partial charge in [-0.2, -0.15) is 5.10 Å². The van der Waals surface area contributed by atoms with Gasteiger partial charge in [0.15, 0.2) is 0 Å². The number of hydrogen-bond acceptors (Lipinski definition) is 2. The molecule has 2 atom stereocenters. The Balaban J connectivity index is 1.74. The second kappa shape index (κ2) is 4.69. The van der Waals surface area contributed by atoms with Crippen molar-refractivity contribution in [3.8, 4) is 0 Å². The van der Waals surface area contributed by atoms with Gasteiger partial charge in [0.05, 0.1) is 11.8 Å². The smallest absolute Gasteiger partial charge is 0.123 e. The quantitative estimate of drug-likeness (QED) is 0.776. The fourth-order valence-corrected chi connectivity index (χ4v) is 3.67. The van der Waals surface area contributed by atoms with Crippen LogP contribution in [0.2, 0.25) is 0 Å². The van der Waals surface area contributed by atoms with Gasteiger partial charge in [0, 0.05) is 18.5 Å². The van der Waals surface area contributed by atoms with Gasteiger partial charge in [0.2, 0.25) is 0 Å². The zero-order valence-corrected chi connectivity index (χ0v) is 12.0. The molecule has 0 bridgehead atoms. The number of benzene rings is 2. The molecule has 0 radical (unpaired) electrons. The van der Waals surface area contributed by atoms with E-state index in [-0.39, 0.29) is 11.9 Å². The normalized spacial score (nSPS) is 23.5. The van der Waals surface area contributed by atoms with E-state index in [2.05, 4.69) is 24.3 Å². The summed E-state index contributed by atoms with van der Waals surface area (Å²) >= 11 is 0. The van der Waals surface area contributed by atoms with Crippen molar-refractivity contribution in [2.75, 3.05) is 7.05 Å². The van der Waals surface area contributed by atoms with E-state index in [1.807, 2.05) is 24.2 Å². The van der Waals surface area contributed by atoms with Crippen molar-refractivity contribution in [1.29, 1.82) is 0 Å². The number of nitrogens with zero attached hydrogens (tertiary/aromatic N) is 2. The third-order valence-corrected chi connectivity index (χ3v) is 4.63. The van der Waals surface area contributed by atoms with Crippen molar-refractivity contribution < 1.29 is 4.39 Å². The zero-order chi connectivity index (χ0) is 14.4. The van der Waals surface area contributed by atoms with Gasteiger partial charge in [0.1, 0.15) is 5.82 Å². The number of aryl methyl sites for hydroxylation is 1. The maximum absolute atomic E-state index is 13.2. The fraction of sp³-hybridized carbons (Fsp3) is 0.278. The molecule has 4 rings (SSSR count). The topological polar surface area (TPSA) is 15.6 Å². The largest absolute Gasteiger partial charge is 0.292 e. The Morgan fingerprint density at radius 2 is 1.86 bits per heavy atom. The predicted molar refractivity (Wildman–Crippen MR) is 81.7 cm³/mol. The minimum absolute atomic E-state index is 0.186. The summed E-state index contributed by atoms with van der Waals surface area (Å²) < 4.78 is 13.2. The summed E-state index contributed by atoms with van der Waals surface area (Å²) in [5.74, 6) is 0.213. The van der Waals surface area contributed by atoms with Gasteiger partial charge in [-0.25, -0.2) is 4.39 Å². The first-order valence-electron chi connectivity index (χ1n) is 7.39. The molecule has 0 saturated heterocycles. The molecule has 0 spiro atoms. The standard InChI is InChI=1S/C18H17FN2/c1-21-18(13-6-9-14(19)10-7-13)16-11-8-12-4-2-3-5-15(12)17(16)20-21/h2-7,9-10,16,18H,8,11H2,1H3/t16-,18+/m0/s1. The van der Waals surface area contributed by atoms with Gasteiger partial charge in [0.25, 0.3) is 0 Å². The highest BCUT2D eigenvalue weighted by Gasteiger charge is 2.39. The first kappa shape index (κ1) is 12.6. The number of hydrogen-bond donors (Lipinski definition) is 0. The molecule has 0 N–H and O–H groups in total. The SMILES string of the molecule is CN1N=C2c3ccccc3CC[C@@H]2[C@H]1c1ccc(F)cc1. The minimum Gasteiger partial charge on any atom is -0.292 e. The van der Waals surface area contributed by atoms with Gasteiger partial charge in [-0.15, -0.1) is 0 Å². The molecule has 2 aliphatic rings. The number of hydrazone groups is 1. The third kappa shape index (κ3) is 1.96. The van der Waals surface area contributed by atoms with E-state index in [0.717, 1.165) is 18.4 Å². The highest BCUT2D eigenvalue weighted by molar-refractivity contribution is 6.05. The Morgan fingerprint density at radius 3 is 2.67 bits per heavy atom. The lowest BCUT2D eigenvalue weighted by Gasteiger charge is -2.28. The van der Waals surface area contributed by atoms with Gasteiger partial charge < -0.3 is 0 Å². The van der Waals surface area contributed by atoms with E-state index >= 15 is 0 Å². The van der Waals surface area contributed by atoms with Crippen LogP contribution in [0.5, 0.6) is 0 Å². The monoisotopic (exact) mass is 280 g/mol. The van der Waals surface area contributed by atoms with Crippen molar-refractivity contribution in [3.05, 3.63) is 71.0 Å². The van der Waals surface area contributed by atoms with Crippen LogP contribution in [-0.4, -0.2) is 17.8 Å². The molecular formula is C18H17FN2. The summed E-state index contributed by atoms with van der Waals surface area (Å²) in [4.78, 5) is 0. The molecule has 1 aliphatic carbocycles. The number of halogens is 1. The van der Waals surface area contributed by atoms with Gasteiger partial charge in [-0.1, -0.05) is 36.4 Å². The molecule has 0 amide bonds. The van der Waals surface area contributed by atoms with Crippen LogP contribution in [0.25, 0.3) is 0 Å². The summed E-state index contributed by atoms with van der Waals surface area (Å²) in [6.07, 6.45) is 2.19. The summed E-state index contributed by atoms with van der Waals surface area (Å²) in [6, 6.07) is 15.6. The van der Waals surface area contributed by atoms with E-state index in [1.54, 1.807) is 0 Å². The number of fused-ring (bicyclic) bond motifs is 3. The number of rotatable bonds is 1. The molecule has 0 unspecified atom stereocenters. The van der Waals surface area contributed by atoms with Crippen molar-refractivity contribution in [2.24, 2.45) is 11.0 Å². The molecule has 2 nitrogen and oxygen atoms in total. The van der Waals surface area contributed by atoms with Crippen LogP contribution in [-0.2, 0) is 6.42 Å². The highest BCUT2D eigenvalue weighted by atomic mass is 19.1. The van der Waals surface area contributed by atoms with E-state index in [1.165, 1.54) is 29.0 Å². The molecule has 106 valence electrons. The summed E-state index contributed by atoms with van der Waals surface area (Å²) in [6.45, 7) is 0. The molecule has 3 heteroatoms. The van der Waals surface area contributed by atoms with E-state index < -0.39 is 0 Å². The lowest BCUT2D eigenvalue weighted by Crippen LogP contribution is -2.27. The van der Waals surface area contributed by atoms with Crippen LogP contribution in [0.4, 0.5) is 4.39 Å². The van der Waals surface area contributed by atoms with Crippen molar-refractivity contribution >= 4 is 5.71 Å². The van der Waals surface area contributed by atoms with Crippen LogP contribution in [0.1, 0.15) is 29.2 Å². The molecule has 0 saturated carbocycles. The van der Waals surface area contributed by atoms with E-state index in [0.29, 0.717) is 5.92 Å². The molecule has 21 heavy (non-hydrogen) atoms. The minimum atomic E-state index is -0.186. The predicted octanol–water partition coefficient (Wildman–Crippen LogP) is 3.78. The van der Waals surface area contributed by atoms with Crippen LogP contribution in [0, 0.1) is 11.7 Å². The molecule has 1 heterocycles. The van der Waals surface area contributed by atoms with Crippen LogP contribution in [0.3, 0.4) is 0 Å². The lowest BCUT2D eigenvalue weighted by atomic mass is 9.77. The summed E-state index contributed by atoms with van der Waals surface area (Å²) in [5.41, 5.74) is 5.00. The molecule has 2 aromatic carbocycles. The van der Waals surface area contributed by atoms with Gasteiger partial charge in [-0.3, -0.25) is 5.01 Å². The summed E-state index contributed by atoms with van der Waals surface area (Å²) in [5, 5.41) is 6.83. The van der Waals surface area contributed by atoms with Crippen LogP contribution >= 0.6 is 0 Å². The van der Waals surface area contributed by atoms with Crippen LogP contribution < -0.4 is 0 Å². The molecular weight excluding hydrogens is 263 g/mol. The van der Waals surface area contributed by atoms with Gasteiger partial charge >= 0.3 is 0 Å². The Hall–Kier alpha value is -2.16. The molecule has 0 aromatic heterocycles. The first-order chi connectivity index (χ1) is 10.2. The Labute approximate surface area is 123 Å².